The molecule has 1 saturated heterocycles. The highest BCUT2D eigenvalue weighted by molar-refractivity contribution is 5.81. The van der Waals surface area contributed by atoms with Gasteiger partial charge >= 0.3 is 5.97 Å². The number of hydrogen-bond acceptors (Lipinski definition) is 4. The summed E-state index contributed by atoms with van der Waals surface area (Å²) >= 11 is 0. The highest BCUT2D eigenvalue weighted by atomic mass is 16.5. The van der Waals surface area contributed by atoms with Crippen LogP contribution >= 0.6 is 0 Å². The Labute approximate surface area is 148 Å². The molecule has 5 nitrogen and oxygen atoms in total. The first kappa shape index (κ1) is 16.4. The summed E-state index contributed by atoms with van der Waals surface area (Å²) in [4.78, 5) is 26.0. The topological polar surface area (TPSA) is 55.8 Å². The molecule has 4 rings (SSSR count). The molecule has 1 amide bonds. The van der Waals surface area contributed by atoms with Gasteiger partial charge in [0.05, 0.1) is 20.1 Å². The van der Waals surface area contributed by atoms with Crippen LogP contribution in [0.15, 0.2) is 24.3 Å². The van der Waals surface area contributed by atoms with Crippen LogP contribution in [0.4, 0.5) is 0 Å². The lowest BCUT2D eigenvalue weighted by atomic mass is 9.61. The Bertz CT molecular complexity index is 689. The highest BCUT2D eigenvalue weighted by Crippen LogP contribution is 2.52. The minimum Gasteiger partial charge on any atom is -0.497 e. The number of carbonyl (C=O) groups excluding carboxylic acids is 2. The molecule has 0 atom stereocenters. The summed E-state index contributed by atoms with van der Waals surface area (Å²) in [5.74, 6) is 1.58. The molecular formula is C20H25NO4. The number of methoxy groups -OCH3 is 1. The zero-order valence-electron chi connectivity index (χ0n) is 14.9. The lowest BCUT2D eigenvalue weighted by Crippen LogP contribution is -2.51. The maximum Gasteiger partial charge on any atom is 0.306 e. The monoisotopic (exact) mass is 343 g/mol. The van der Waals surface area contributed by atoms with Crippen LogP contribution in [0.1, 0.15) is 43.6 Å². The van der Waals surface area contributed by atoms with E-state index in [-0.39, 0.29) is 23.2 Å². The fourth-order valence-electron chi connectivity index (χ4n) is 4.60. The maximum absolute atomic E-state index is 12.7. The Balaban J connectivity index is 1.29. The average molecular weight is 343 g/mol. The van der Waals surface area contributed by atoms with Crippen LogP contribution in [0.25, 0.3) is 0 Å². The van der Waals surface area contributed by atoms with E-state index in [2.05, 4.69) is 12.1 Å². The predicted octanol–water partition coefficient (Wildman–Crippen LogP) is 2.74. The predicted molar refractivity (Wildman–Crippen MR) is 92.3 cm³/mol. The number of esters is 1. The van der Waals surface area contributed by atoms with Crippen molar-refractivity contribution in [2.24, 2.45) is 11.3 Å². The summed E-state index contributed by atoms with van der Waals surface area (Å²) < 4.78 is 10.4. The van der Waals surface area contributed by atoms with Crippen molar-refractivity contribution in [2.75, 3.05) is 20.8 Å². The Kier molecular flexibility index (Phi) is 3.97. The Morgan fingerprint density at radius 2 is 2.08 bits per heavy atom. The molecule has 0 unspecified atom stereocenters. The van der Waals surface area contributed by atoms with Crippen molar-refractivity contribution in [2.45, 2.75) is 44.1 Å². The molecule has 1 aliphatic heterocycles. The van der Waals surface area contributed by atoms with Gasteiger partial charge in [0.25, 0.3) is 0 Å². The van der Waals surface area contributed by atoms with Crippen LogP contribution in [0.2, 0.25) is 0 Å². The van der Waals surface area contributed by atoms with Crippen molar-refractivity contribution >= 4 is 11.9 Å². The summed E-state index contributed by atoms with van der Waals surface area (Å²) in [7, 11) is 3.61. The Morgan fingerprint density at radius 3 is 2.72 bits per heavy atom. The first-order valence-corrected chi connectivity index (χ1v) is 9.06. The lowest BCUT2D eigenvalue weighted by Gasteiger charge is -2.47. The van der Waals surface area contributed by atoms with E-state index in [1.54, 1.807) is 7.11 Å². The van der Waals surface area contributed by atoms with Crippen LogP contribution < -0.4 is 4.74 Å². The van der Waals surface area contributed by atoms with Gasteiger partial charge in [-0.25, -0.2) is 0 Å². The lowest BCUT2D eigenvalue weighted by molar-refractivity contribution is -0.146. The van der Waals surface area contributed by atoms with Crippen LogP contribution in [0.3, 0.4) is 0 Å². The maximum atomic E-state index is 12.7. The first-order valence-electron chi connectivity index (χ1n) is 9.06. The van der Waals surface area contributed by atoms with E-state index in [4.69, 9.17) is 9.47 Å². The quantitative estimate of drug-likeness (QED) is 0.789. The third kappa shape index (κ3) is 2.90. The van der Waals surface area contributed by atoms with Crippen molar-refractivity contribution in [1.82, 2.24) is 4.90 Å². The van der Waals surface area contributed by atoms with Crippen LogP contribution in [0, 0.1) is 11.3 Å². The molecular weight excluding hydrogens is 318 g/mol. The molecule has 0 radical (unpaired) electrons. The summed E-state index contributed by atoms with van der Waals surface area (Å²) in [6.45, 7) is 0.501. The molecule has 1 spiro atoms. The summed E-state index contributed by atoms with van der Waals surface area (Å²) in [6, 6.07) is 8.53. The zero-order chi connectivity index (χ0) is 17.6. The second-order valence-electron chi connectivity index (χ2n) is 7.99. The molecule has 1 aromatic carbocycles. The fourth-order valence-corrected chi connectivity index (χ4v) is 4.60. The zero-order valence-corrected chi connectivity index (χ0v) is 14.9. The van der Waals surface area contributed by atoms with E-state index in [1.807, 2.05) is 24.1 Å². The molecule has 2 saturated carbocycles. The number of carbonyl (C=O) groups is 2. The van der Waals surface area contributed by atoms with E-state index in [9.17, 15) is 9.59 Å². The van der Waals surface area contributed by atoms with E-state index in [0.29, 0.717) is 25.0 Å². The summed E-state index contributed by atoms with van der Waals surface area (Å²) in [6.07, 6.45) is 4.10. The third-order valence-electron chi connectivity index (χ3n) is 6.34. The summed E-state index contributed by atoms with van der Waals surface area (Å²) in [5.41, 5.74) is 1.25. The van der Waals surface area contributed by atoms with Gasteiger partial charge in [-0.1, -0.05) is 12.1 Å². The highest BCUT2D eigenvalue weighted by Gasteiger charge is 2.53. The van der Waals surface area contributed by atoms with Crippen LogP contribution in [0.5, 0.6) is 5.75 Å². The molecule has 3 fully saturated rings. The second-order valence-corrected chi connectivity index (χ2v) is 7.99. The minimum absolute atomic E-state index is 0.0407. The number of amides is 1. The smallest absolute Gasteiger partial charge is 0.306 e. The fraction of sp³-hybridized carbons (Fsp3) is 0.600. The van der Waals surface area contributed by atoms with Gasteiger partial charge in [0.2, 0.25) is 5.91 Å². The molecule has 5 heteroatoms. The molecule has 3 aliphatic rings. The largest absolute Gasteiger partial charge is 0.497 e. The van der Waals surface area contributed by atoms with Crippen molar-refractivity contribution in [3.8, 4) is 5.75 Å². The number of hydrogen-bond donors (Lipinski definition) is 0. The van der Waals surface area contributed by atoms with Crippen LogP contribution in [-0.2, 0) is 14.3 Å². The molecule has 1 aromatic rings. The van der Waals surface area contributed by atoms with Crippen molar-refractivity contribution in [3.05, 3.63) is 29.8 Å². The van der Waals surface area contributed by atoms with E-state index < -0.39 is 0 Å². The number of nitrogens with zero attached hydrogens (tertiary/aromatic N) is 1. The number of ether oxygens (including phenoxy) is 2. The van der Waals surface area contributed by atoms with Gasteiger partial charge in [0, 0.05) is 24.4 Å². The number of benzene rings is 1. The number of rotatable bonds is 4. The Hall–Kier alpha value is -2.04. The minimum atomic E-state index is -0.112. The molecule has 0 bridgehead atoms. The van der Waals surface area contributed by atoms with Crippen molar-refractivity contribution in [3.63, 3.8) is 0 Å². The van der Waals surface area contributed by atoms with E-state index >= 15 is 0 Å². The van der Waals surface area contributed by atoms with Gasteiger partial charge < -0.3 is 14.4 Å². The third-order valence-corrected chi connectivity index (χ3v) is 6.34. The van der Waals surface area contributed by atoms with Gasteiger partial charge in [-0.05, 0) is 49.3 Å². The molecule has 25 heavy (non-hydrogen) atoms. The van der Waals surface area contributed by atoms with Gasteiger partial charge in [-0.3, -0.25) is 9.59 Å². The van der Waals surface area contributed by atoms with Crippen LogP contribution in [-0.4, -0.2) is 43.6 Å². The standard InChI is InChI=1S/C20H25NO4/c1-21(19(23)15-9-20(10-15)11-18(22)25-12-20)16-6-14(7-16)13-4-3-5-17(8-13)24-2/h3-5,8,14-16H,6-7,9-12H2,1-2H3. The number of cyclic esters (lactones) is 1. The van der Waals surface area contributed by atoms with Crippen molar-refractivity contribution < 1.29 is 19.1 Å². The molecule has 134 valence electrons. The van der Waals surface area contributed by atoms with E-state index in [0.717, 1.165) is 31.4 Å². The SMILES string of the molecule is COc1cccc(C2CC(N(C)C(=O)C3CC4(COC(=O)C4)C3)C2)c1. The molecule has 0 aromatic heterocycles. The molecule has 2 aliphatic carbocycles. The second kappa shape index (κ2) is 6.04. The van der Waals surface area contributed by atoms with Gasteiger partial charge in [-0.2, -0.15) is 0 Å². The molecule has 1 heterocycles. The van der Waals surface area contributed by atoms with Gasteiger partial charge in [0.1, 0.15) is 5.75 Å². The summed E-state index contributed by atoms with van der Waals surface area (Å²) in [5, 5.41) is 0. The first-order chi connectivity index (χ1) is 12.0. The van der Waals surface area contributed by atoms with Gasteiger partial charge in [0.15, 0.2) is 0 Å². The molecule has 0 N–H and O–H groups in total. The van der Waals surface area contributed by atoms with Crippen molar-refractivity contribution in [1.29, 1.82) is 0 Å². The van der Waals surface area contributed by atoms with Gasteiger partial charge in [-0.15, -0.1) is 0 Å². The average Bonchev–Trinajstić information content (AvgIpc) is 2.94. The van der Waals surface area contributed by atoms with E-state index in [1.165, 1.54) is 5.56 Å². The normalized spacial score (nSPS) is 33.4. The Morgan fingerprint density at radius 1 is 1.32 bits per heavy atom.